The van der Waals surface area contributed by atoms with Crippen LogP contribution in [0.5, 0.6) is 5.75 Å². The first kappa shape index (κ1) is 32.8. The fourth-order valence-corrected chi connectivity index (χ4v) is 12.0. The molecule has 0 radical (unpaired) electrons. The molecule has 12 heteroatoms. The van der Waals surface area contributed by atoms with Crippen molar-refractivity contribution in [3.63, 3.8) is 0 Å². The monoisotopic (exact) mass is 658 g/mol. The van der Waals surface area contributed by atoms with Crippen LogP contribution in [0.1, 0.15) is 37.3 Å². The number of rotatable bonds is 10. The summed E-state index contributed by atoms with van der Waals surface area (Å²) in [6, 6.07) is 19.7. The molecule has 3 heterocycles. The summed E-state index contributed by atoms with van der Waals surface area (Å²) in [7, 11) is -0.761. The highest BCUT2D eigenvalue weighted by molar-refractivity contribution is 6.91. The minimum Gasteiger partial charge on any atom is -0.497 e. The Hall–Kier alpha value is -4.10. The van der Waals surface area contributed by atoms with Crippen LogP contribution < -0.4 is 25.5 Å². The van der Waals surface area contributed by atoms with Gasteiger partial charge in [-0.15, -0.1) is 0 Å². The molecule has 6 rings (SSSR count). The third kappa shape index (κ3) is 5.73. The third-order valence-electron chi connectivity index (χ3n) is 10.4. The van der Waals surface area contributed by atoms with Gasteiger partial charge in [0.25, 0.3) is 11.6 Å². The van der Waals surface area contributed by atoms with Gasteiger partial charge in [-0.1, -0.05) is 49.5 Å². The zero-order valence-electron chi connectivity index (χ0n) is 27.2. The number of anilines is 2. The summed E-state index contributed by atoms with van der Waals surface area (Å²) in [4.78, 5) is 40.5. The average molecular weight is 659 g/mol. The SMILES string of the molecule is COc1ccc([Si](C)(C)[C@@H]2[C@@H](CCO)O[C@]3(C(=O)N(Cc4ccc(NC(=O)[C@H]5CCCN5)cc4)c4ccc([N+](=O)[O-])cc43)[C@H]2C)cc1. The highest BCUT2D eigenvalue weighted by atomic mass is 28.3. The van der Waals surface area contributed by atoms with Crippen LogP contribution in [-0.2, 0) is 26.5 Å². The average Bonchev–Trinajstić information content (AvgIpc) is 3.76. The van der Waals surface area contributed by atoms with Gasteiger partial charge in [-0.25, -0.2) is 0 Å². The Morgan fingerprint density at radius 1 is 1.17 bits per heavy atom. The zero-order valence-corrected chi connectivity index (χ0v) is 28.2. The number of benzene rings is 3. The van der Waals surface area contributed by atoms with E-state index in [1.54, 1.807) is 18.1 Å². The first-order chi connectivity index (χ1) is 22.5. The molecule has 3 N–H and O–H groups in total. The van der Waals surface area contributed by atoms with Crippen molar-refractivity contribution in [3.8, 4) is 5.75 Å². The Morgan fingerprint density at radius 2 is 1.89 bits per heavy atom. The van der Waals surface area contributed by atoms with Gasteiger partial charge in [-0.05, 0) is 67.2 Å². The Balaban J connectivity index is 1.35. The van der Waals surface area contributed by atoms with Crippen molar-refractivity contribution < 1.29 is 29.1 Å². The molecule has 47 heavy (non-hydrogen) atoms. The first-order valence-electron chi connectivity index (χ1n) is 16.2. The molecule has 3 aliphatic rings. The van der Waals surface area contributed by atoms with Crippen LogP contribution in [0, 0.1) is 16.0 Å². The quantitative estimate of drug-likeness (QED) is 0.165. The number of hydrogen-bond acceptors (Lipinski definition) is 8. The van der Waals surface area contributed by atoms with Gasteiger partial charge in [0.2, 0.25) is 5.91 Å². The molecule has 0 unspecified atom stereocenters. The van der Waals surface area contributed by atoms with Crippen LogP contribution in [0.25, 0.3) is 0 Å². The molecule has 2 saturated heterocycles. The van der Waals surface area contributed by atoms with Gasteiger partial charge in [0.1, 0.15) is 5.75 Å². The number of carbonyl (C=O) groups excluding carboxylic acids is 2. The van der Waals surface area contributed by atoms with Crippen molar-refractivity contribution in [3.05, 3.63) is 88.0 Å². The maximum atomic E-state index is 14.8. The van der Waals surface area contributed by atoms with Crippen LogP contribution in [-0.4, -0.2) is 62.3 Å². The number of hydrogen-bond donors (Lipinski definition) is 3. The number of nitro benzene ring substituents is 1. The number of nitrogens with one attached hydrogen (secondary N) is 2. The first-order valence-corrected chi connectivity index (χ1v) is 19.3. The molecule has 5 atom stereocenters. The number of nitrogens with zero attached hydrogens (tertiary/aromatic N) is 2. The van der Waals surface area contributed by atoms with E-state index in [-0.39, 0.29) is 48.2 Å². The number of nitro groups is 1. The number of non-ortho nitro benzene ring substituents is 1. The molecular formula is C35H42N4O7Si. The van der Waals surface area contributed by atoms with Crippen molar-refractivity contribution in [1.29, 1.82) is 0 Å². The van der Waals surface area contributed by atoms with E-state index in [1.807, 2.05) is 43.3 Å². The number of fused-ring (bicyclic) bond motifs is 2. The second kappa shape index (κ2) is 12.8. The van der Waals surface area contributed by atoms with Gasteiger partial charge in [0, 0.05) is 35.9 Å². The van der Waals surface area contributed by atoms with Crippen molar-refractivity contribution in [1.82, 2.24) is 5.32 Å². The van der Waals surface area contributed by atoms with E-state index in [9.17, 15) is 24.8 Å². The van der Waals surface area contributed by atoms with Gasteiger partial charge in [-0.3, -0.25) is 19.7 Å². The third-order valence-corrected chi connectivity index (χ3v) is 14.7. The Bertz CT molecular complexity index is 1660. The summed E-state index contributed by atoms with van der Waals surface area (Å²) in [5, 5.41) is 29.4. The zero-order chi connectivity index (χ0) is 33.5. The smallest absolute Gasteiger partial charge is 0.269 e. The number of ether oxygens (including phenoxy) is 2. The van der Waals surface area contributed by atoms with Gasteiger partial charge >= 0.3 is 0 Å². The Kier molecular flexibility index (Phi) is 8.96. The topological polar surface area (TPSA) is 143 Å². The van der Waals surface area contributed by atoms with Crippen LogP contribution in [0.4, 0.5) is 17.1 Å². The summed E-state index contributed by atoms with van der Waals surface area (Å²) in [5.41, 5.74) is 0.909. The fourth-order valence-electron chi connectivity index (χ4n) is 7.98. The summed E-state index contributed by atoms with van der Waals surface area (Å²) in [5.74, 6) is 0.0719. The van der Waals surface area contributed by atoms with Crippen LogP contribution in [0.2, 0.25) is 18.6 Å². The summed E-state index contributed by atoms with van der Waals surface area (Å²) in [6.07, 6.45) is 1.68. The van der Waals surface area contributed by atoms with Crippen molar-refractivity contribution >= 4 is 42.1 Å². The molecule has 2 amide bonds. The second-order valence-corrected chi connectivity index (χ2v) is 18.0. The molecule has 248 valence electrons. The van der Waals surface area contributed by atoms with Gasteiger partial charge in [0.15, 0.2) is 5.60 Å². The van der Waals surface area contributed by atoms with E-state index in [1.165, 1.54) is 12.1 Å². The predicted molar refractivity (Wildman–Crippen MR) is 182 cm³/mol. The Labute approximate surface area is 275 Å². The van der Waals surface area contributed by atoms with E-state index in [0.29, 0.717) is 23.4 Å². The maximum absolute atomic E-state index is 14.8. The summed E-state index contributed by atoms with van der Waals surface area (Å²) < 4.78 is 12.2. The Morgan fingerprint density at radius 3 is 2.51 bits per heavy atom. The fraction of sp³-hybridized carbons (Fsp3) is 0.429. The molecule has 0 saturated carbocycles. The van der Waals surface area contributed by atoms with Crippen molar-refractivity contribution in [2.24, 2.45) is 5.92 Å². The van der Waals surface area contributed by atoms with Crippen LogP contribution >= 0.6 is 0 Å². The van der Waals surface area contributed by atoms with Gasteiger partial charge < -0.3 is 30.1 Å². The molecule has 0 aliphatic carbocycles. The van der Waals surface area contributed by atoms with E-state index in [2.05, 4.69) is 35.9 Å². The van der Waals surface area contributed by atoms with Crippen LogP contribution in [0.3, 0.4) is 0 Å². The largest absolute Gasteiger partial charge is 0.497 e. The summed E-state index contributed by atoms with van der Waals surface area (Å²) in [6.45, 7) is 7.44. The highest BCUT2D eigenvalue weighted by Crippen LogP contribution is 2.60. The number of aliphatic hydroxyl groups is 1. The van der Waals surface area contributed by atoms with E-state index in [0.717, 1.165) is 35.9 Å². The van der Waals surface area contributed by atoms with E-state index >= 15 is 0 Å². The van der Waals surface area contributed by atoms with Gasteiger partial charge in [0.05, 0.1) is 44.5 Å². The molecule has 1 spiro atoms. The standard InChI is InChI=1S/C35H42N4O7Si/c1-22-32(47(3,4)27-14-12-26(45-2)13-15-27)31(17-19-40)46-35(22)28-20-25(39(43)44)11-16-30(28)38(34(35)42)21-23-7-9-24(10-8-23)37-33(41)29-6-5-18-36-29/h7-16,20,22,29,31-32,36,40H,5-6,17-19,21H2,1-4H3,(H,37,41)/t22-,29+,31+,32-,35+/m0/s1. The predicted octanol–water partition coefficient (Wildman–Crippen LogP) is 4.44. The normalized spacial score (nSPS) is 25.3. The van der Waals surface area contributed by atoms with Crippen molar-refractivity contribution in [2.75, 3.05) is 30.5 Å². The molecule has 3 aromatic carbocycles. The number of carbonyl (C=O) groups is 2. The molecular weight excluding hydrogens is 616 g/mol. The lowest BCUT2D eigenvalue weighted by Crippen LogP contribution is -2.51. The lowest BCUT2D eigenvalue weighted by molar-refractivity contribution is -0.385. The number of methoxy groups -OCH3 is 1. The molecule has 3 aromatic rings. The minimum atomic E-state index is -2.39. The van der Waals surface area contributed by atoms with E-state index in [4.69, 9.17) is 9.47 Å². The molecule has 2 fully saturated rings. The molecule has 0 bridgehead atoms. The molecule has 0 aromatic heterocycles. The maximum Gasteiger partial charge on any atom is 0.269 e. The minimum absolute atomic E-state index is 0.0668. The van der Waals surface area contributed by atoms with Crippen LogP contribution in [0.15, 0.2) is 66.7 Å². The lowest BCUT2D eigenvalue weighted by Gasteiger charge is -2.37. The highest BCUT2D eigenvalue weighted by Gasteiger charge is 2.66. The number of aliphatic hydroxyl groups excluding tert-OH is 1. The van der Waals surface area contributed by atoms with Crippen molar-refractivity contribution in [2.45, 2.75) is 69.1 Å². The van der Waals surface area contributed by atoms with E-state index < -0.39 is 24.7 Å². The number of amides is 2. The summed E-state index contributed by atoms with van der Waals surface area (Å²) >= 11 is 0. The molecule has 11 nitrogen and oxygen atoms in total. The molecule has 3 aliphatic heterocycles. The van der Waals surface area contributed by atoms with Gasteiger partial charge in [-0.2, -0.15) is 0 Å². The second-order valence-electron chi connectivity index (χ2n) is 13.4. The lowest BCUT2D eigenvalue weighted by atomic mass is 9.82.